The highest BCUT2D eigenvalue weighted by atomic mass is 32.2. The first-order valence-corrected chi connectivity index (χ1v) is 11.0. The SMILES string of the molecule is CCOC(=O)c1ccc(N2Cc3ccccc3C2=NS(=O)(=O)c2ccccc2)cc1. The molecule has 1 aliphatic rings. The first-order chi connectivity index (χ1) is 14.5. The maximum absolute atomic E-state index is 12.9. The molecular weight excluding hydrogens is 400 g/mol. The summed E-state index contributed by atoms with van der Waals surface area (Å²) in [5, 5.41) is 0. The topological polar surface area (TPSA) is 76.0 Å². The maximum Gasteiger partial charge on any atom is 0.338 e. The van der Waals surface area contributed by atoms with E-state index in [2.05, 4.69) is 4.40 Å². The predicted molar refractivity (Wildman–Crippen MR) is 115 cm³/mol. The number of rotatable bonds is 5. The molecule has 0 bridgehead atoms. The van der Waals surface area contributed by atoms with Gasteiger partial charge < -0.3 is 9.64 Å². The Morgan fingerprint density at radius 1 is 0.967 bits per heavy atom. The molecule has 0 saturated carbocycles. The van der Waals surface area contributed by atoms with Gasteiger partial charge in [0.1, 0.15) is 0 Å². The van der Waals surface area contributed by atoms with Crippen LogP contribution in [0.1, 0.15) is 28.4 Å². The quantitative estimate of drug-likeness (QED) is 0.583. The third kappa shape index (κ3) is 3.84. The fraction of sp³-hybridized carbons (Fsp3) is 0.130. The molecule has 0 fully saturated rings. The van der Waals surface area contributed by atoms with Crippen molar-refractivity contribution in [1.29, 1.82) is 0 Å². The first-order valence-electron chi connectivity index (χ1n) is 9.52. The summed E-state index contributed by atoms with van der Waals surface area (Å²) in [6.07, 6.45) is 0. The number of carbonyl (C=O) groups is 1. The van der Waals surface area contributed by atoms with E-state index < -0.39 is 16.0 Å². The lowest BCUT2D eigenvalue weighted by molar-refractivity contribution is 0.0526. The lowest BCUT2D eigenvalue weighted by Gasteiger charge is -2.19. The molecule has 0 aliphatic carbocycles. The van der Waals surface area contributed by atoms with E-state index in [9.17, 15) is 13.2 Å². The van der Waals surface area contributed by atoms with Crippen molar-refractivity contribution in [2.24, 2.45) is 4.40 Å². The van der Waals surface area contributed by atoms with Crippen LogP contribution in [0.15, 0.2) is 88.2 Å². The van der Waals surface area contributed by atoms with Gasteiger partial charge in [0.05, 0.1) is 23.6 Å². The van der Waals surface area contributed by atoms with Gasteiger partial charge in [0.15, 0.2) is 5.84 Å². The molecule has 3 aromatic carbocycles. The van der Waals surface area contributed by atoms with Gasteiger partial charge >= 0.3 is 5.97 Å². The molecule has 0 atom stereocenters. The molecule has 1 aliphatic heterocycles. The highest BCUT2D eigenvalue weighted by Gasteiger charge is 2.29. The molecule has 3 aromatic rings. The van der Waals surface area contributed by atoms with E-state index in [1.165, 1.54) is 12.1 Å². The minimum atomic E-state index is -3.88. The van der Waals surface area contributed by atoms with Gasteiger partial charge in [-0.05, 0) is 48.9 Å². The third-order valence-electron chi connectivity index (χ3n) is 4.78. The molecule has 0 radical (unpaired) electrons. The Kier molecular flexibility index (Phi) is 5.37. The van der Waals surface area contributed by atoms with E-state index in [0.29, 0.717) is 24.6 Å². The van der Waals surface area contributed by atoms with Crippen LogP contribution >= 0.6 is 0 Å². The Balaban J connectivity index is 1.75. The zero-order chi connectivity index (χ0) is 21.1. The second kappa shape index (κ2) is 8.12. The second-order valence-corrected chi connectivity index (χ2v) is 8.32. The number of esters is 1. The molecule has 1 heterocycles. The van der Waals surface area contributed by atoms with E-state index >= 15 is 0 Å². The standard InChI is InChI=1S/C23H20N2O4S/c1-2-29-23(26)17-12-14-19(15-13-17)25-16-18-8-6-7-11-21(18)22(25)24-30(27,28)20-9-4-3-5-10-20/h3-15H,2,16H2,1H3. The molecule has 0 N–H and O–H groups in total. The van der Waals surface area contributed by atoms with Crippen LogP contribution in [0.3, 0.4) is 0 Å². The van der Waals surface area contributed by atoms with E-state index in [0.717, 1.165) is 16.8 Å². The largest absolute Gasteiger partial charge is 0.462 e. The number of hydrogen-bond donors (Lipinski definition) is 0. The molecule has 152 valence electrons. The average Bonchev–Trinajstić information content (AvgIpc) is 3.12. The molecule has 6 nitrogen and oxygen atoms in total. The van der Waals surface area contributed by atoms with Crippen molar-refractivity contribution in [2.75, 3.05) is 11.5 Å². The average molecular weight is 420 g/mol. The van der Waals surface area contributed by atoms with Crippen molar-refractivity contribution in [3.8, 4) is 0 Å². The van der Waals surface area contributed by atoms with Gasteiger partial charge in [-0.25, -0.2) is 4.79 Å². The number of nitrogens with zero attached hydrogens (tertiary/aromatic N) is 2. The number of benzene rings is 3. The van der Waals surface area contributed by atoms with Gasteiger partial charge in [-0.15, -0.1) is 4.40 Å². The number of fused-ring (bicyclic) bond motifs is 1. The van der Waals surface area contributed by atoms with Crippen molar-refractivity contribution >= 4 is 27.5 Å². The van der Waals surface area contributed by atoms with E-state index in [1.54, 1.807) is 49.4 Å². The van der Waals surface area contributed by atoms with Gasteiger partial charge in [-0.1, -0.05) is 42.5 Å². The van der Waals surface area contributed by atoms with Crippen LogP contribution in [-0.2, 0) is 21.3 Å². The maximum atomic E-state index is 12.9. The van der Waals surface area contributed by atoms with Gasteiger partial charge in [0.2, 0.25) is 0 Å². The highest BCUT2D eigenvalue weighted by Crippen LogP contribution is 2.30. The molecule has 4 rings (SSSR count). The van der Waals surface area contributed by atoms with Gasteiger partial charge in [0, 0.05) is 11.3 Å². The van der Waals surface area contributed by atoms with Crippen molar-refractivity contribution in [2.45, 2.75) is 18.4 Å². The van der Waals surface area contributed by atoms with Crippen LogP contribution in [0.4, 0.5) is 5.69 Å². The van der Waals surface area contributed by atoms with Crippen LogP contribution < -0.4 is 4.90 Å². The summed E-state index contributed by atoms with van der Waals surface area (Å²) in [5.74, 6) is -0.0346. The van der Waals surface area contributed by atoms with E-state index in [1.807, 2.05) is 29.2 Å². The molecule has 0 saturated heterocycles. The molecule has 0 spiro atoms. The summed E-state index contributed by atoms with van der Waals surface area (Å²) < 4.78 is 35.0. The van der Waals surface area contributed by atoms with Gasteiger partial charge in [-0.3, -0.25) is 0 Å². The summed E-state index contributed by atoms with van der Waals surface area (Å²) in [6, 6.07) is 22.6. The molecule has 7 heteroatoms. The summed E-state index contributed by atoms with van der Waals surface area (Å²) in [4.78, 5) is 13.9. The fourth-order valence-corrected chi connectivity index (χ4v) is 4.36. The Bertz CT molecular complexity index is 1200. The highest BCUT2D eigenvalue weighted by molar-refractivity contribution is 7.90. The third-order valence-corrected chi connectivity index (χ3v) is 6.06. The summed E-state index contributed by atoms with van der Waals surface area (Å²) in [7, 11) is -3.88. The molecule has 30 heavy (non-hydrogen) atoms. The van der Waals surface area contributed by atoms with Gasteiger partial charge in [-0.2, -0.15) is 8.42 Å². The normalized spacial score (nSPS) is 14.6. The Hall–Kier alpha value is -3.45. The number of hydrogen-bond acceptors (Lipinski definition) is 4. The van der Waals surface area contributed by atoms with E-state index in [-0.39, 0.29) is 4.90 Å². The van der Waals surface area contributed by atoms with Crippen LogP contribution in [0.5, 0.6) is 0 Å². The lowest BCUT2D eigenvalue weighted by Crippen LogP contribution is -2.25. The molecule has 0 amide bonds. The predicted octanol–water partition coefficient (Wildman–Crippen LogP) is 4.02. The van der Waals surface area contributed by atoms with Crippen molar-refractivity contribution in [1.82, 2.24) is 0 Å². The number of anilines is 1. The van der Waals surface area contributed by atoms with Crippen LogP contribution in [-0.4, -0.2) is 26.8 Å². The number of sulfonamides is 1. The smallest absolute Gasteiger partial charge is 0.338 e. The number of carbonyl (C=O) groups excluding carboxylic acids is 1. The molecule has 0 aromatic heterocycles. The van der Waals surface area contributed by atoms with Crippen LogP contribution in [0, 0.1) is 0 Å². The number of ether oxygens (including phenoxy) is 1. The monoisotopic (exact) mass is 420 g/mol. The van der Waals surface area contributed by atoms with Gasteiger partial charge in [0.25, 0.3) is 10.0 Å². The Morgan fingerprint density at radius 2 is 1.63 bits per heavy atom. The number of amidine groups is 1. The Morgan fingerprint density at radius 3 is 2.33 bits per heavy atom. The Labute approximate surface area is 175 Å². The molecular formula is C23H20N2O4S. The van der Waals surface area contributed by atoms with Crippen LogP contribution in [0.25, 0.3) is 0 Å². The minimum Gasteiger partial charge on any atom is -0.462 e. The van der Waals surface area contributed by atoms with Crippen molar-refractivity contribution in [3.63, 3.8) is 0 Å². The zero-order valence-corrected chi connectivity index (χ0v) is 17.2. The summed E-state index contributed by atoms with van der Waals surface area (Å²) >= 11 is 0. The summed E-state index contributed by atoms with van der Waals surface area (Å²) in [5.41, 5.74) is 2.93. The molecule has 0 unspecified atom stereocenters. The summed E-state index contributed by atoms with van der Waals surface area (Å²) in [6.45, 7) is 2.54. The minimum absolute atomic E-state index is 0.138. The van der Waals surface area contributed by atoms with Crippen molar-refractivity contribution in [3.05, 3.63) is 95.6 Å². The lowest BCUT2D eigenvalue weighted by atomic mass is 10.1. The second-order valence-electron chi connectivity index (χ2n) is 6.71. The first kappa shape index (κ1) is 19.8. The van der Waals surface area contributed by atoms with E-state index in [4.69, 9.17) is 4.74 Å². The zero-order valence-electron chi connectivity index (χ0n) is 16.4. The fourth-order valence-electron chi connectivity index (χ4n) is 3.33. The van der Waals surface area contributed by atoms with Crippen LogP contribution in [0.2, 0.25) is 0 Å². The van der Waals surface area contributed by atoms with Crippen molar-refractivity contribution < 1.29 is 17.9 Å².